The fourth-order valence-electron chi connectivity index (χ4n) is 2.96. The van der Waals surface area contributed by atoms with Crippen LogP contribution in [0.15, 0.2) is 24.3 Å². The molecule has 0 heterocycles. The number of carboxylic acids is 1. The van der Waals surface area contributed by atoms with Crippen molar-refractivity contribution in [2.75, 3.05) is 6.61 Å². The third kappa shape index (κ3) is 11.0. The average molecular weight is 480 g/mol. The van der Waals surface area contributed by atoms with Crippen molar-refractivity contribution in [1.82, 2.24) is 10.6 Å². The Morgan fingerprint density at radius 1 is 0.941 bits per heavy atom. The van der Waals surface area contributed by atoms with E-state index in [0.29, 0.717) is 5.75 Å². The molecule has 0 aliphatic heterocycles. The van der Waals surface area contributed by atoms with Crippen LogP contribution in [0.2, 0.25) is 0 Å². The van der Waals surface area contributed by atoms with Gasteiger partial charge in [-0.2, -0.15) is 0 Å². The van der Waals surface area contributed by atoms with Crippen molar-refractivity contribution in [2.24, 2.45) is 11.7 Å². The first-order valence-electron chi connectivity index (χ1n) is 11.5. The predicted octanol–water partition coefficient (Wildman–Crippen LogP) is 2.26. The van der Waals surface area contributed by atoms with E-state index in [4.69, 9.17) is 15.2 Å². The molecule has 5 N–H and O–H groups in total. The first-order chi connectivity index (χ1) is 15.5. The number of carboxylic acid groups (broad SMARTS) is 1. The second-order valence-electron chi connectivity index (χ2n) is 10.7. The highest BCUT2D eigenvalue weighted by Crippen LogP contribution is 2.19. The summed E-state index contributed by atoms with van der Waals surface area (Å²) in [5.41, 5.74) is 6.06. The van der Waals surface area contributed by atoms with E-state index in [1.807, 2.05) is 65.8 Å². The quantitative estimate of drug-likeness (QED) is 0.382. The fraction of sp³-hybridized carbons (Fsp3) is 0.640. The number of carbonyl (C=O) groups excluding carboxylic acids is 2. The highest BCUT2D eigenvalue weighted by molar-refractivity contribution is 5.92. The number of hydrogen-bond donors (Lipinski definition) is 4. The van der Waals surface area contributed by atoms with E-state index >= 15 is 0 Å². The van der Waals surface area contributed by atoms with Crippen LogP contribution in [0.4, 0.5) is 0 Å². The summed E-state index contributed by atoms with van der Waals surface area (Å²) in [5.74, 6) is -1.96. The van der Waals surface area contributed by atoms with Gasteiger partial charge in [0.05, 0.1) is 18.2 Å². The van der Waals surface area contributed by atoms with E-state index in [9.17, 15) is 19.5 Å². The summed E-state index contributed by atoms with van der Waals surface area (Å²) in [6.07, 6.45) is 0.250. The fourth-order valence-corrected chi connectivity index (χ4v) is 2.96. The number of hydrogen-bond acceptors (Lipinski definition) is 6. The first kappa shape index (κ1) is 29.4. The minimum Gasteiger partial charge on any atom is -0.488 e. The minimum atomic E-state index is -1.15. The summed E-state index contributed by atoms with van der Waals surface area (Å²) in [5, 5.41) is 14.5. The smallest absolute Gasteiger partial charge is 0.326 e. The molecule has 3 atom stereocenters. The molecule has 0 spiro atoms. The summed E-state index contributed by atoms with van der Waals surface area (Å²) >= 11 is 0. The predicted molar refractivity (Wildman–Crippen MR) is 131 cm³/mol. The molecule has 9 heteroatoms. The zero-order chi connectivity index (χ0) is 26.3. The van der Waals surface area contributed by atoms with E-state index in [2.05, 4.69) is 10.6 Å². The van der Waals surface area contributed by atoms with Gasteiger partial charge in [-0.1, -0.05) is 26.0 Å². The lowest BCUT2D eigenvalue weighted by Gasteiger charge is -2.27. The van der Waals surface area contributed by atoms with Gasteiger partial charge in [-0.25, -0.2) is 4.79 Å². The van der Waals surface area contributed by atoms with Crippen LogP contribution in [0.25, 0.3) is 0 Å². The topological polar surface area (TPSA) is 140 Å². The molecule has 1 rings (SSSR count). The minimum absolute atomic E-state index is 0.128. The van der Waals surface area contributed by atoms with Gasteiger partial charge in [-0.3, -0.25) is 9.59 Å². The van der Waals surface area contributed by atoms with Crippen LogP contribution in [0.5, 0.6) is 5.75 Å². The maximum atomic E-state index is 12.8. The SMILES string of the molecule is CC(C)[C@H](NC(=O)[C@H](COC(C)(C)C)NC(=O)[C@@H](N)Cc1ccc(OC(C)(C)C)cc1)C(=O)O. The van der Waals surface area contributed by atoms with Crippen molar-refractivity contribution in [3.8, 4) is 5.75 Å². The molecular weight excluding hydrogens is 438 g/mol. The Labute approximate surface area is 202 Å². The maximum Gasteiger partial charge on any atom is 0.326 e. The van der Waals surface area contributed by atoms with Gasteiger partial charge in [-0.05, 0) is 71.6 Å². The molecule has 0 aromatic heterocycles. The van der Waals surface area contributed by atoms with Gasteiger partial charge in [0.1, 0.15) is 23.4 Å². The molecule has 0 aliphatic carbocycles. The number of nitrogens with one attached hydrogen (secondary N) is 2. The van der Waals surface area contributed by atoms with E-state index in [1.165, 1.54) is 0 Å². The lowest BCUT2D eigenvalue weighted by Crippen LogP contribution is -2.57. The highest BCUT2D eigenvalue weighted by Gasteiger charge is 2.30. The monoisotopic (exact) mass is 479 g/mol. The second kappa shape index (κ2) is 12.2. The van der Waals surface area contributed by atoms with Crippen molar-refractivity contribution in [3.05, 3.63) is 29.8 Å². The van der Waals surface area contributed by atoms with Crippen LogP contribution in [0.3, 0.4) is 0 Å². The van der Waals surface area contributed by atoms with Gasteiger partial charge in [0.25, 0.3) is 0 Å². The molecule has 0 aliphatic rings. The third-order valence-corrected chi connectivity index (χ3v) is 4.69. The summed E-state index contributed by atoms with van der Waals surface area (Å²) in [4.78, 5) is 37.1. The van der Waals surface area contributed by atoms with Crippen LogP contribution in [0.1, 0.15) is 61.0 Å². The van der Waals surface area contributed by atoms with Crippen molar-refractivity contribution in [2.45, 2.75) is 91.1 Å². The van der Waals surface area contributed by atoms with E-state index in [-0.39, 0.29) is 24.5 Å². The van der Waals surface area contributed by atoms with E-state index < -0.39 is 41.5 Å². The number of ether oxygens (including phenoxy) is 2. The summed E-state index contributed by atoms with van der Waals surface area (Å²) in [6, 6.07) is 4.19. The Bertz CT molecular complexity index is 825. The van der Waals surface area contributed by atoms with Crippen LogP contribution < -0.4 is 21.1 Å². The Morgan fingerprint density at radius 3 is 1.94 bits per heavy atom. The average Bonchev–Trinajstić information content (AvgIpc) is 2.67. The molecule has 0 saturated carbocycles. The van der Waals surface area contributed by atoms with Crippen molar-refractivity contribution in [1.29, 1.82) is 0 Å². The molecule has 9 nitrogen and oxygen atoms in total. The molecule has 34 heavy (non-hydrogen) atoms. The zero-order valence-corrected chi connectivity index (χ0v) is 21.6. The van der Waals surface area contributed by atoms with Crippen molar-refractivity contribution >= 4 is 17.8 Å². The molecule has 0 fully saturated rings. The summed E-state index contributed by atoms with van der Waals surface area (Å²) in [7, 11) is 0. The van der Waals surface area contributed by atoms with Crippen LogP contribution in [-0.4, -0.2) is 58.8 Å². The number of nitrogens with two attached hydrogens (primary N) is 1. The van der Waals surface area contributed by atoms with E-state index in [1.54, 1.807) is 13.8 Å². The highest BCUT2D eigenvalue weighted by atomic mass is 16.5. The van der Waals surface area contributed by atoms with Crippen molar-refractivity contribution in [3.63, 3.8) is 0 Å². The number of rotatable bonds is 11. The summed E-state index contributed by atoms with van der Waals surface area (Å²) < 4.78 is 11.5. The Hall–Kier alpha value is -2.65. The Morgan fingerprint density at radius 2 is 1.50 bits per heavy atom. The lowest BCUT2D eigenvalue weighted by molar-refractivity contribution is -0.144. The lowest BCUT2D eigenvalue weighted by atomic mass is 10.0. The molecule has 192 valence electrons. The molecule has 1 aromatic carbocycles. The zero-order valence-electron chi connectivity index (χ0n) is 21.6. The first-order valence-corrected chi connectivity index (χ1v) is 11.5. The largest absolute Gasteiger partial charge is 0.488 e. The van der Waals surface area contributed by atoms with E-state index in [0.717, 1.165) is 5.56 Å². The van der Waals surface area contributed by atoms with Gasteiger partial charge in [-0.15, -0.1) is 0 Å². The van der Waals surface area contributed by atoms with Gasteiger partial charge < -0.3 is 30.9 Å². The maximum absolute atomic E-state index is 12.8. The molecule has 0 saturated heterocycles. The molecule has 0 radical (unpaired) electrons. The third-order valence-electron chi connectivity index (χ3n) is 4.69. The Kier molecular flexibility index (Phi) is 10.5. The molecule has 0 unspecified atom stereocenters. The number of amides is 2. The van der Waals surface area contributed by atoms with Crippen LogP contribution >= 0.6 is 0 Å². The molecular formula is C25H41N3O6. The van der Waals surface area contributed by atoms with Crippen LogP contribution in [0, 0.1) is 5.92 Å². The molecule has 2 amide bonds. The normalized spacial score (nSPS) is 14.8. The molecule has 0 bridgehead atoms. The number of aliphatic carboxylic acids is 1. The standard InChI is InChI=1S/C25H41N3O6/c1-15(2)20(23(31)32)28-22(30)19(14-33-24(3,4)5)27-21(29)18(26)13-16-9-11-17(12-10-16)34-25(6,7)8/h9-12,15,18-20H,13-14,26H2,1-8H3,(H,27,29)(H,28,30)(H,31,32)/t18-,19-,20-/m0/s1. The van der Waals surface area contributed by atoms with Gasteiger partial charge in [0.15, 0.2) is 0 Å². The number of carbonyl (C=O) groups is 3. The Balaban J connectivity index is 2.87. The van der Waals surface area contributed by atoms with Gasteiger partial charge in [0.2, 0.25) is 11.8 Å². The van der Waals surface area contributed by atoms with Crippen molar-refractivity contribution < 1.29 is 29.0 Å². The van der Waals surface area contributed by atoms with Gasteiger partial charge >= 0.3 is 5.97 Å². The second-order valence-corrected chi connectivity index (χ2v) is 10.7. The number of benzene rings is 1. The molecule has 1 aromatic rings. The van der Waals surface area contributed by atoms with Crippen LogP contribution in [-0.2, 0) is 25.5 Å². The van der Waals surface area contributed by atoms with Gasteiger partial charge in [0, 0.05) is 0 Å². The summed E-state index contributed by atoms with van der Waals surface area (Å²) in [6.45, 7) is 14.6.